The number of aliphatic hydroxyl groups excluding tert-OH is 1. The molecular formula is C63H122O17P2. The molecule has 0 radical (unpaired) electrons. The van der Waals surface area contributed by atoms with Crippen LogP contribution >= 0.6 is 15.6 Å². The molecule has 0 aromatic carbocycles. The third kappa shape index (κ3) is 57.2. The third-order valence-corrected chi connectivity index (χ3v) is 16.5. The van der Waals surface area contributed by atoms with Crippen LogP contribution in [0.3, 0.4) is 0 Å². The Bertz CT molecular complexity index is 1590. The van der Waals surface area contributed by atoms with Crippen molar-refractivity contribution in [1.29, 1.82) is 0 Å². The molecule has 0 aliphatic carbocycles. The summed E-state index contributed by atoms with van der Waals surface area (Å²) in [7, 11) is -9.87. The van der Waals surface area contributed by atoms with Crippen molar-refractivity contribution in [2.45, 2.75) is 341 Å². The highest BCUT2D eigenvalue weighted by atomic mass is 31.2. The van der Waals surface area contributed by atoms with Crippen molar-refractivity contribution in [3.8, 4) is 0 Å². The summed E-state index contributed by atoms with van der Waals surface area (Å²) in [4.78, 5) is 71.9. The van der Waals surface area contributed by atoms with E-state index in [0.29, 0.717) is 25.7 Å². The molecule has 486 valence electrons. The van der Waals surface area contributed by atoms with E-state index in [1.54, 1.807) is 0 Å². The Balaban J connectivity index is 5.12. The summed E-state index contributed by atoms with van der Waals surface area (Å²) in [6, 6.07) is 0. The molecule has 0 spiro atoms. The topological polar surface area (TPSA) is 237 Å². The van der Waals surface area contributed by atoms with Crippen LogP contribution in [0.4, 0.5) is 0 Å². The van der Waals surface area contributed by atoms with E-state index in [4.69, 9.17) is 37.0 Å². The van der Waals surface area contributed by atoms with Crippen LogP contribution in [-0.4, -0.2) is 96.7 Å². The summed E-state index contributed by atoms with van der Waals surface area (Å²) in [5, 5.41) is 10.5. The Hall–Kier alpha value is -1.94. The zero-order valence-electron chi connectivity index (χ0n) is 52.5. The average Bonchev–Trinajstić information content (AvgIpc) is 3.46. The Kier molecular flexibility index (Phi) is 56.7. The highest BCUT2D eigenvalue weighted by Crippen LogP contribution is 2.45. The van der Waals surface area contributed by atoms with Gasteiger partial charge in [0, 0.05) is 25.7 Å². The van der Waals surface area contributed by atoms with Crippen LogP contribution in [0.1, 0.15) is 323 Å². The summed E-state index contributed by atoms with van der Waals surface area (Å²) in [6.45, 7) is 4.81. The third-order valence-electron chi connectivity index (χ3n) is 14.6. The molecule has 0 bridgehead atoms. The molecule has 0 aromatic heterocycles. The molecule has 2 unspecified atom stereocenters. The van der Waals surface area contributed by atoms with Crippen molar-refractivity contribution in [2.75, 3.05) is 39.6 Å². The zero-order chi connectivity index (χ0) is 60.5. The number of rotatable bonds is 64. The Morgan fingerprint density at radius 1 is 0.293 bits per heavy atom. The number of ether oxygens (including phenoxy) is 4. The minimum absolute atomic E-state index is 0.105. The van der Waals surface area contributed by atoms with Crippen molar-refractivity contribution in [1.82, 2.24) is 0 Å². The van der Waals surface area contributed by atoms with Crippen LogP contribution in [-0.2, 0) is 65.4 Å². The lowest BCUT2D eigenvalue weighted by Crippen LogP contribution is -2.30. The largest absolute Gasteiger partial charge is 0.472 e. The minimum Gasteiger partial charge on any atom is -0.462 e. The van der Waals surface area contributed by atoms with E-state index >= 15 is 0 Å². The molecular weight excluding hydrogens is 1090 g/mol. The summed E-state index contributed by atoms with van der Waals surface area (Å²) in [5.41, 5.74) is 0. The van der Waals surface area contributed by atoms with Gasteiger partial charge in [0.05, 0.1) is 26.4 Å². The molecule has 82 heavy (non-hydrogen) atoms. The number of esters is 4. The molecule has 17 nitrogen and oxygen atoms in total. The molecule has 0 aliphatic rings. The normalized spacial score (nSPS) is 14.2. The Labute approximate surface area is 498 Å². The number of aliphatic hydroxyl groups is 1. The highest BCUT2D eigenvalue weighted by molar-refractivity contribution is 7.47. The summed E-state index contributed by atoms with van der Waals surface area (Å²) in [5.74, 6) is -2.14. The van der Waals surface area contributed by atoms with Gasteiger partial charge in [-0.05, 0) is 25.7 Å². The molecule has 3 N–H and O–H groups in total. The first kappa shape index (κ1) is 80.1. The number of phosphoric ester groups is 2. The molecule has 0 amide bonds. The van der Waals surface area contributed by atoms with Gasteiger partial charge >= 0.3 is 39.5 Å². The maximum absolute atomic E-state index is 12.9. The molecule has 0 aromatic rings. The molecule has 19 heteroatoms. The molecule has 0 saturated carbocycles. The van der Waals surface area contributed by atoms with Crippen molar-refractivity contribution < 1.29 is 80.2 Å². The standard InChI is InChI=1S/C63H122O17P2/c1-5-9-13-17-21-25-26-27-28-29-30-31-32-33-34-38-42-46-50-63(68)80-59(54-74-61(66)48-44-40-36-23-19-15-11-7-3)56-78-82(71,72)76-52-57(64)51-75-81(69,70)77-55-58(79-62(67)49-45-41-37-24-20-16-12-8-4)53-73-60(65)47-43-39-35-22-18-14-10-6-2/h57-59,64H,5-56H2,1-4H3,(H,69,70)(H,71,72)/t57-,58+,59+/m0/s1. The van der Waals surface area contributed by atoms with E-state index in [1.807, 2.05) is 0 Å². The second kappa shape index (κ2) is 58.1. The van der Waals surface area contributed by atoms with E-state index < -0.39 is 97.5 Å². The van der Waals surface area contributed by atoms with Crippen molar-refractivity contribution in [3.63, 3.8) is 0 Å². The SMILES string of the molecule is CCCCCCCCCCCCCCCCCCCCC(=O)O[C@H](COC(=O)CCCCCCCCCC)COP(=O)(O)OC[C@@H](O)COP(=O)(O)OC[C@@H](COC(=O)CCCCCCCCCC)OC(=O)CCCCCCCCCC. The first-order valence-corrected chi connectivity index (χ1v) is 36.3. The van der Waals surface area contributed by atoms with Crippen LogP contribution in [0.25, 0.3) is 0 Å². The molecule has 0 heterocycles. The average molecular weight is 1210 g/mol. The smallest absolute Gasteiger partial charge is 0.462 e. The first-order valence-electron chi connectivity index (χ1n) is 33.3. The van der Waals surface area contributed by atoms with Crippen LogP contribution in [0.15, 0.2) is 0 Å². The molecule has 0 aliphatic heterocycles. The van der Waals surface area contributed by atoms with Crippen LogP contribution in [0, 0.1) is 0 Å². The van der Waals surface area contributed by atoms with Gasteiger partial charge in [0.15, 0.2) is 12.2 Å². The zero-order valence-corrected chi connectivity index (χ0v) is 54.2. The minimum atomic E-state index is -4.94. The molecule has 5 atom stereocenters. The summed E-state index contributed by atoms with van der Waals surface area (Å²) in [6.07, 6.45) is 43.3. The second-order valence-corrected chi connectivity index (χ2v) is 25.7. The van der Waals surface area contributed by atoms with Crippen molar-refractivity contribution >= 4 is 39.5 Å². The second-order valence-electron chi connectivity index (χ2n) is 22.8. The first-order chi connectivity index (χ1) is 39.7. The number of unbranched alkanes of at least 4 members (excludes halogenated alkanes) is 38. The van der Waals surface area contributed by atoms with Crippen molar-refractivity contribution in [3.05, 3.63) is 0 Å². The van der Waals surface area contributed by atoms with Gasteiger partial charge in [-0.25, -0.2) is 9.13 Å². The number of phosphoric acid groups is 2. The number of hydrogen-bond donors (Lipinski definition) is 3. The summed E-state index contributed by atoms with van der Waals surface area (Å²) >= 11 is 0. The fourth-order valence-corrected chi connectivity index (χ4v) is 11.0. The highest BCUT2D eigenvalue weighted by Gasteiger charge is 2.30. The maximum atomic E-state index is 12.9. The lowest BCUT2D eigenvalue weighted by Gasteiger charge is -2.21. The Morgan fingerprint density at radius 3 is 0.720 bits per heavy atom. The maximum Gasteiger partial charge on any atom is 0.472 e. The van der Waals surface area contributed by atoms with Gasteiger partial charge < -0.3 is 33.8 Å². The lowest BCUT2D eigenvalue weighted by atomic mass is 10.0. The van der Waals surface area contributed by atoms with E-state index in [2.05, 4.69) is 27.7 Å². The quantitative estimate of drug-likeness (QED) is 0.0222. The van der Waals surface area contributed by atoms with Gasteiger partial charge in [0.25, 0.3) is 0 Å². The fraction of sp³-hybridized carbons (Fsp3) is 0.937. The van der Waals surface area contributed by atoms with E-state index in [9.17, 15) is 43.2 Å². The van der Waals surface area contributed by atoms with Crippen LogP contribution in [0.2, 0.25) is 0 Å². The molecule has 0 fully saturated rings. The van der Waals surface area contributed by atoms with Gasteiger partial charge in [-0.1, -0.05) is 272 Å². The number of hydrogen-bond acceptors (Lipinski definition) is 15. The van der Waals surface area contributed by atoms with Crippen LogP contribution in [0.5, 0.6) is 0 Å². The van der Waals surface area contributed by atoms with Crippen LogP contribution < -0.4 is 0 Å². The van der Waals surface area contributed by atoms with E-state index in [-0.39, 0.29) is 25.7 Å². The van der Waals surface area contributed by atoms with Gasteiger partial charge in [0.1, 0.15) is 19.3 Å². The molecule has 0 saturated heterocycles. The number of carbonyl (C=O) groups excluding carboxylic acids is 4. The van der Waals surface area contributed by atoms with E-state index in [0.717, 1.165) is 109 Å². The van der Waals surface area contributed by atoms with Gasteiger partial charge in [0.2, 0.25) is 0 Å². The summed E-state index contributed by atoms with van der Waals surface area (Å²) < 4.78 is 67.8. The fourth-order valence-electron chi connectivity index (χ4n) is 9.46. The monoisotopic (exact) mass is 1210 g/mol. The van der Waals surface area contributed by atoms with Gasteiger partial charge in [-0.15, -0.1) is 0 Å². The Morgan fingerprint density at radius 2 is 0.488 bits per heavy atom. The number of carbonyl (C=O) groups is 4. The molecule has 0 rings (SSSR count). The van der Waals surface area contributed by atoms with Gasteiger partial charge in [-0.3, -0.25) is 37.3 Å². The predicted octanol–water partition coefficient (Wildman–Crippen LogP) is 17.5. The lowest BCUT2D eigenvalue weighted by molar-refractivity contribution is -0.161. The van der Waals surface area contributed by atoms with E-state index in [1.165, 1.54) is 135 Å². The van der Waals surface area contributed by atoms with Gasteiger partial charge in [-0.2, -0.15) is 0 Å². The predicted molar refractivity (Wildman–Crippen MR) is 326 cm³/mol. The van der Waals surface area contributed by atoms with Crippen molar-refractivity contribution in [2.24, 2.45) is 0 Å².